The minimum Gasteiger partial charge on any atom is -0.315 e. The van der Waals surface area contributed by atoms with Crippen molar-refractivity contribution in [2.24, 2.45) is 0 Å². The molecule has 0 aromatic heterocycles. The van der Waals surface area contributed by atoms with E-state index in [4.69, 9.17) is 23.2 Å². The van der Waals surface area contributed by atoms with Crippen LogP contribution in [0.25, 0.3) is 0 Å². The Balaban J connectivity index is 1.70. The molecule has 0 saturated heterocycles. The molecular weight excluding hydrogens is 393 g/mol. The highest BCUT2D eigenvalue weighted by Crippen LogP contribution is 2.27. The largest absolute Gasteiger partial charge is 0.315 e. The van der Waals surface area contributed by atoms with Gasteiger partial charge < -0.3 is 4.90 Å². The number of hydrogen-bond acceptors (Lipinski definition) is 3. The van der Waals surface area contributed by atoms with Gasteiger partial charge in [-0.2, -0.15) is 0 Å². The highest BCUT2D eigenvalue weighted by atomic mass is 35.5. The fourth-order valence-corrected chi connectivity index (χ4v) is 4.92. The summed E-state index contributed by atoms with van der Waals surface area (Å²) in [4.78, 5) is 14.1. The van der Waals surface area contributed by atoms with E-state index in [0.717, 1.165) is 24.8 Å². The fraction of sp³-hybridized carbons (Fsp3) is 0.316. The van der Waals surface area contributed by atoms with E-state index in [-0.39, 0.29) is 18.1 Å². The molecule has 2 aromatic rings. The second-order valence-electron chi connectivity index (χ2n) is 6.43. The van der Waals surface area contributed by atoms with E-state index in [9.17, 15) is 13.2 Å². The van der Waals surface area contributed by atoms with E-state index in [2.05, 4.69) is 0 Å². The van der Waals surface area contributed by atoms with E-state index in [0.29, 0.717) is 20.6 Å². The van der Waals surface area contributed by atoms with Crippen LogP contribution in [-0.4, -0.2) is 27.1 Å². The highest BCUT2D eigenvalue weighted by Gasteiger charge is 2.21. The molecule has 0 unspecified atom stereocenters. The van der Waals surface area contributed by atoms with Crippen molar-refractivity contribution >= 4 is 44.6 Å². The predicted molar refractivity (Wildman–Crippen MR) is 105 cm³/mol. The van der Waals surface area contributed by atoms with Gasteiger partial charge >= 0.3 is 0 Å². The number of carbonyl (C=O) groups is 1. The van der Waals surface area contributed by atoms with Gasteiger partial charge in [0.1, 0.15) is 0 Å². The summed E-state index contributed by atoms with van der Waals surface area (Å²) in [5.74, 6) is -0.545. The van der Waals surface area contributed by atoms with E-state index in [1.165, 1.54) is 10.5 Å². The van der Waals surface area contributed by atoms with Gasteiger partial charge in [-0.1, -0.05) is 29.3 Å². The summed E-state index contributed by atoms with van der Waals surface area (Å²) in [6, 6.07) is 10.1. The standard InChI is InChI=1S/C19H19Cl2NO3S/c1-22(17-11-15(20)10-16(21)12-17)19(23)7-8-26(24,25)18-6-5-13-3-2-4-14(13)9-18/h5-6,9-12H,2-4,7-8H2,1H3. The maximum absolute atomic E-state index is 12.6. The summed E-state index contributed by atoms with van der Waals surface area (Å²) in [6.07, 6.45) is 2.86. The third-order valence-electron chi connectivity index (χ3n) is 4.62. The van der Waals surface area contributed by atoms with Crippen LogP contribution in [0.5, 0.6) is 0 Å². The van der Waals surface area contributed by atoms with Gasteiger partial charge in [-0.15, -0.1) is 0 Å². The number of anilines is 1. The minimum absolute atomic E-state index is 0.111. The van der Waals surface area contributed by atoms with Crippen molar-refractivity contribution in [3.8, 4) is 0 Å². The zero-order valence-corrected chi connectivity index (χ0v) is 16.7. The lowest BCUT2D eigenvalue weighted by atomic mass is 10.1. The van der Waals surface area contributed by atoms with Gasteiger partial charge in [-0.05, 0) is 60.7 Å². The van der Waals surface area contributed by atoms with Crippen molar-refractivity contribution in [2.45, 2.75) is 30.6 Å². The average Bonchev–Trinajstić information content (AvgIpc) is 3.06. The second-order valence-corrected chi connectivity index (χ2v) is 9.42. The van der Waals surface area contributed by atoms with Crippen LogP contribution >= 0.6 is 23.2 Å². The van der Waals surface area contributed by atoms with Gasteiger partial charge in [0, 0.05) is 29.2 Å². The molecule has 0 radical (unpaired) electrons. The van der Waals surface area contributed by atoms with Crippen LogP contribution in [0.2, 0.25) is 10.0 Å². The Kier molecular flexibility index (Phi) is 5.61. The van der Waals surface area contributed by atoms with E-state index in [1.807, 2.05) is 6.07 Å². The molecule has 0 heterocycles. The number of aryl methyl sites for hydroxylation is 2. The summed E-state index contributed by atoms with van der Waals surface area (Å²) in [6.45, 7) is 0. The van der Waals surface area contributed by atoms with Gasteiger partial charge in [0.25, 0.3) is 0 Å². The smallest absolute Gasteiger partial charge is 0.227 e. The van der Waals surface area contributed by atoms with Crippen LogP contribution in [0, 0.1) is 0 Å². The first kappa shape index (κ1) is 19.2. The van der Waals surface area contributed by atoms with Gasteiger partial charge in [0.05, 0.1) is 10.6 Å². The number of halogens is 2. The quantitative estimate of drug-likeness (QED) is 0.736. The Morgan fingerprint density at radius 2 is 1.69 bits per heavy atom. The molecule has 4 nitrogen and oxygen atoms in total. The molecule has 1 amide bonds. The van der Waals surface area contributed by atoms with Crippen molar-refractivity contribution < 1.29 is 13.2 Å². The number of sulfone groups is 1. The molecular formula is C19H19Cl2NO3S. The lowest BCUT2D eigenvalue weighted by molar-refractivity contribution is -0.117. The molecule has 0 saturated carbocycles. The van der Waals surface area contributed by atoms with Gasteiger partial charge in [-0.3, -0.25) is 4.79 Å². The van der Waals surface area contributed by atoms with Crippen LogP contribution < -0.4 is 4.90 Å². The number of carbonyl (C=O) groups excluding carboxylic acids is 1. The summed E-state index contributed by atoms with van der Waals surface area (Å²) in [5.41, 5.74) is 2.85. The Labute approximate surface area is 163 Å². The van der Waals surface area contributed by atoms with E-state index >= 15 is 0 Å². The first-order valence-corrected chi connectivity index (χ1v) is 10.7. The van der Waals surface area contributed by atoms with Crippen LogP contribution in [-0.2, 0) is 27.5 Å². The van der Waals surface area contributed by atoms with Crippen molar-refractivity contribution in [1.29, 1.82) is 0 Å². The highest BCUT2D eigenvalue weighted by molar-refractivity contribution is 7.91. The Morgan fingerprint density at radius 3 is 2.38 bits per heavy atom. The van der Waals surface area contributed by atoms with Crippen molar-refractivity contribution in [3.63, 3.8) is 0 Å². The Hall–Kier alpha value is -1.56. The van der Waals surface area contributed by atoms with Crippen LogP contribution in [0.4, 0.5) is 5.69 Å². The lowest BCUT2D eigenvalue weighted by Gasteiger charge is -2.18. The Bertz CT molecular complexity index is 937. The molecule has 1 aliphatic carbocycles. The number of amides is 1. The van der Waals surface area contributed by atoms with Crippen LogP contribution in [0.1, 0.15) is 24.0 Å². The van der Waals surface area contributed by atoms with Crippen LogP contribution in [0.3, 0.4) is 0 Å². The number of hydrogen-bond donors (Lipinski definition) is 0. The molecule has 0 fully saturated rings. The van der Waals surface area contributed by atoms with Gasteiger partial charge in [0.2, 0.25) is 5.91 Å². The fourth-order valence-electron chi connectivity index (χ4n) is 3.13. The van der Waals surface area contributed by atoms with E-state index in [1.54, 1.807) is 37.4 Å². The molecule has 2 aromatic carbocycles. The Morgan fingerprint density at radius 1 is 1.04 bits per heavy atom. The molecule has 0 atom stereocenters. The number of benzene rings is 2. The molecule has 7 heteroatoms. The van der Waals surface area contributed by atoms with Gasteiger partial charge in [-0.25, -0.2) is 8.42 Å². The monoisotopic (exact) mass is 411 g/mol. The number of nitrogens with zero attached hydrogens (tertiary/aromatic N) is 1. The molecule has 1 aliphatic rings. The van der Waals surface area contributed by atoms with Crippen molar-refractivity contribution in [3.05, 3.63) is 57.6 Å². The van der Waals surface area contributed by atoms with Gasteiger partial charge in [0.15, 0.2) is 9.84 Å². The molecule has 0 spiro atoms. The van der Waals surface area contributed by atoms with Crippen molar-refractivity contribution in [2.75, 3.05) is 17.7 Å². The minimum atomic E-state index is -3.51. The molecule has 0 N–H and O–H groups in total. The van der Waals surface area contributed by atoms with Crippen LogP contribution in [0.15, 0.2) is 41.3 Å². The first-order valence-electron chi connectivity index (χ1n) is 8.33. The lowest BCUT2D eigenvalue weighted by Crippen LogP contribution is -2.28. The summed E-state index contributed by atoms with van der Waals surface area (Å²) >= 11 is 11.9. The maximum Gasteiger partial charge on any atom is 0.227 e. The molecule has 26 heavy (non-hydrogen) atoms. The maximum atomic E-state index is 12.6. The third kappa shape index (κ3) is 4.22. The second kappa shape index (κ2) is 7.59. The normalized spacial score (nSPS) is 13.5. The zero-order chi connectivity index (χ0) is 18.9. The van der Waals surface area contributed by atoms with E-state index < -0.39 is 9.84 Å². The zero-order valence-electron chi connectivity index (χ0n) is 14.3. The summed E-state index contributed by atoms with van der Waals surface area (Å²) < 4.78 is 25.2. The summed E-state index contributed by atoms with van der Waals surface area (Å²) in [7, 11) is -1.93. The topological polar surface area (TPSA) is 54.5 Å². The summed E-state index contributed by atoms with van der Waals surface area (Å²) in [5, 5.41) is 0.829. The third-order valence-corrected chi connectivity index (χ3v) is 6.77. The van der Waals surface area contributed by atoms with Crippen molar-refractivity contribution in [1.82, 2.24) is 0 Å². The molecule has 138 valence electrons. The SMILES string of the molecule is CN(C(=O)CCS(=O)(=O)c1ccc2c(c1)CCC2)c1cc(Cl)cc(Cl)c1. The number of rotatable bonds is 5. The average molecular weight is 412 g/mol. The molecule has 3 rings (SSSR count). The first-order chi connectivity index (χ1) is 12.3. The number of fused-ring (bicyclic) bond motifs is 1. The molecule has 0 aliphatic heterocycles. The predicted octanol–water partition coefficient (Wildman–Crippen LogP) is 4.31. The molecule has 0 bridgehead atoms.